The molecule has 1 amide bonds. The topological polar surface area (TPSA) is 95.3 Å². The van der Waals surface area contributed by atoms with Crippen molar-refractivity contribution < 1.29 is 19.1 Å². The Morgan fingerprint density at radius 1 is 1.31 bits per heavy atom. The summed E-state index contributed by atoms with van der Waals surface area (Å²) in [6.45, 7) is 5.37. The predicted molar refractivity (Wildman–Crippen MR) is 95.9 cm³/mol. The van der Waals surface area contributed by atoms with Crippen molar-refractivity contribution in [2.45, 2.75) is 38.7 Å². The second-order valence-corrected chi connectivity index (χ2v) is 9.02. The molecule has 26 heavy (non-hydrogen) atoms. The average Bonchev–Trinajstić information content (AvgIpc) is 2.97. The molecule has 0 aliphatic heterocycles. The van der Waals surface area contributed by atoms with Crippen molar-refractivity contribution in [3.05, 3.63) is 42.1 Å². The van der Waals surface area contributed by atoms with Crippen LogP contribution in [0.2, 0.25) is 0 Å². The van der Waals surface area contributed by atoms with Gasteiger partial charge in [0, 0.05) is 0 Å². The molecule has 1 atom stereocenters. The number of rotatable bonds is 5. The van der Waals surface area contributed by atoms with Gasteiger partial charge in [-0.25, -0.2) is 0 Å². The van der Waals surface area contributed by atoms with Crippen molar-refractivity contribution in [1.29, 1.82) is 0 Å². The van der Waals surface area contributed by atoms with E-state index < -0.39 is 17.6 Å². The van der Waals surface area contributed by atoms with E-state index in [4.69, 9.17) is 9.47 Å². The Morgan fingerprint density at radius 3 is 2.54 bits per heavy atom. The summed E-state index contributed by atoms with van der Waals surface area (Å²) in [5, 5.41) is 2.57. The summed E-state index contributed by atoms with van der Waals surface area (Å²) in [5.74, 6) is -0.459. The molecule has 8 nitrogen and oxygen atoms in total. The third kappa shape index (κ3) is 6.08. The van der Waals surface area contributed by atoms with Crippen molar-refractivity contribution in [2.24, 2.45) is 0 Å². The van der Waals surface area contributed by atoms with E-state index in [0.29, 0.717) is 44.0 Å². The molecule has 2 rings (SSSR count). The number of carbonyl (C=O) groups excluding carboxylic acids is 2. The average molecular weight is 550 g/mol. The normalized spacial score (nSPS) is 12.3. The molecule has 0 spiro atoms. The first-order valence-electron chi connectivity index (χ1n) is 7.99. The van der Waals surface area contributed by atoms with Crippen LogP contribution in [-0.4, -0.2) is 63.2 Å². The Balaban J connectivity index is 2.06. The monoisotopic (exact) mass is 550 g/mol. The second kappa shape index (κ2) is 8.60. The van der Waals surface area contributed by atoms with Gasteiger partial charge in [0.05, 0.1) is 0 Å². The number of imidazole rings is 1. The van der Waals surface area contributed by atoms with Crippen LogP contribution in [0.1, 0.15) is 37.9 Å². The number of aromatic nitrogens is 3. The first kappa shape index (κ1) is 20.3. The summed E-state index contributed by atoms with van der Waals surface area (Å²) in [6.07, 6.45) is 5.03. The van der Waals surface area contributed by atoms with E-state index in [1.165, 1.54) is 7.11 Å². The third-order valence-electron chi connectivity index (χ3n) is 3.36. The van der Waals surface area contributed by atoms with E-state index in [1.807, 2.05) is 8.57 Å². The van der Waals surface area contributed by atoms with Crippen LogP contribution in [0.15, 0.2) is 30.9 Å². The van der Waals surface area contributed by atoms with Crippen LogP contribution in [0.3, 0.4) is 0 Å². The maximum atomic E-state index is 12.1. The van der Waals surface area contributed by atoms with Gasteiger partial charge in [0.1, 0.15) is 5.60 Å². The molecule has 0 fully saturated rings. The summed E-state index contributed by atoms with van der Waals surface area (Å²) in [7, 11) is 1.36. The molecular weight excluding hydrogens is 529 g/mol. The predicted octanol–water partition coefficient (Wildman–Crippen LogP) is 2.06. The fourth-order valence-corrected chi connectivity index (χ4v) is 3.10. The number of hydrogen-bond acceptors (Lipinski definition) is 6. The quantitative estimate of drug-likeness (QED) is 0.453. The van der Waals surface area contributed by atoms with E-state index in [9.17, 15) is 9.59 Å². The zero-order valence-corrected chi connectivity index (χ0v) is 19.7. The van der Waals surface area contributed by atoms with E-state index in [1.54, 1.807) is 45.4 Å². The van der Waals surface area contributed by atoms with Gasteiger partial charge < -0.3 is 0 Å². The number of hydrogen-bond donors (Lipinski definition) is 1. The molecule has 0 saturated heterocycles. The number of carbonyl (C=O) groups is 2. The zero-order chi connectivity index (χ0) is 19.3. The minimum absolute atomic E-state index is 0.343. The Morgan fingerprint density at radius 2 is 2.04 bits per heavy atom. The standard InChI is InChI=1S/C17H22N4O4.Tl/c1-17(2,3)25-16(23)21-14-6-5-11(8-19-14)7-12(15(22)24-4)13-9-18-10-20-13;/h5-6,8-10,12H,7H2,1-4H3,(H2,18,19,20,21,23);/q;+1/p-1. The molecule has 0 saturated carbocycles. The third-order valence-corrected chi connectivity index (χ3v) is 4.46. The Labute approximate surface area is 168 Å². The van der Waals surface area contributed by atoms with Gasteiger partial charge in [0.25, 0.3) is 0 Å². The molecule has 2 aromatic heterocycles. The SMILES string of the molecule is COC(=O)C(Cc1ccc(NC(=O)OC(C)(C)C)nc1)c1c[n]([Tl])cn1. The van der Waals surface area contributed by atoms with Crippen molar-refractivity contribution >= 4 is 43.9 Å². The molecule has 1 unspecified atom stereocenters. The zero-order valence-electron chi connectivity index (χ0n) is 15.2. The number of nitrogens with one attached hydrogen (secondary N) is 1. The molecule has 2 heterocycles. The number of ether oxygens (including phenoxy) is 2. The summed E-state index contributed by atoms with van der Waals surface area (Å²) in [5.41, 5.74) is 0.931. The molecule has 1 N–H and O–H groups in total. The van der Waals surface area contributed by atoms with Gasteiger partial charge in [0.15, 0.2) is 0 Å². The first-order valence-corrected chi connectivity index (χ1v) is 10.0. The van der Waals surface area contributed by atoms with Gasteiger partial charge in [-0.1, -0.05) is 0 Å². The van der Waals surface area contributed by atoms with Gasteiger partial charge in [-0.3, -0.25) is 0 Å². The summed E-state index contributed by atoms with van der Waals surface area (Å²) >= 11 is 0.583. The summed E-state index contributed by atoms with van der Waals surface area (Å²) in [6, 6.07) is 3.47. The van der Waals surface area contributed by atoms with Gasteiger partial charge in [-0.15, -0.1) is 0 Å². The molecule has 0 aromatic carbocycles. The summed E-state index contributed by atoms with van der Waals surface area (Å²) in [4.78, 5) is 32.4. The second-order valence-electron chi connectivity index (χ2n) is 6.70. The number of pyridine rings is 1. The summed E-state index contributed by atoms with van der Waals surface area (Å²) < 4.78 is 12.0. The molecule has 9 heteroatoms. The van der Waals surface area contributed by atoms with E-state index in [2.05, 4.69) is 15.3 Å². The van der Waals surface area contributed by atoms with Crippen LogP contribution in [0.4, 0.5) is 10.6 Å². The molecule has 2 aromatic rings. The van der Waals surface area contributed by atoms with Gasteiger partial charge in [0.2, 0.25) is 0 Å². The molecular formula is C17H21N4O4Tl. The van der Waals surface area contributed by atoms with E-state index >= 15 is 0 Å². The molecule has 0 aliphatic rings. The van der Waals surface area contributed by atoms with Gasteiger partial charge >= 0.3 is 142 Å². The maximum absolute atomic E-state index is 12.1. The van der Waals surface area contributed by atoms with Crippen molar-refractivity contribution in [3.8, 4) is 0 Å². The fourth-order valence-electron chi connectivity index (χ4n) is 2.25. The molecule has 136 valence electrons. The Hall–Kier alpha value is -1.98. The number of anilines is 1. The van der Waals surface area contributed by atoms with Gasteiger partial charge in [-0.05, 0) is 20.8 Å². The van der Waals surface area contributed by atoms with Crippen molar-refractivity contribution in [3.63, 3.8) is 0 Å². The number of esters is 1. The Bertz CT molecular complexity index is 768. The van der Waals surface area contributed by atoms with Crippen LogP contribution >= 0.6 is 0 Å². The number of nitrogens with zero attached hydrogens (tertiary/aromatic N) is 3. The van der Waals surface area contributed by atoms with E-state index in [0.717, 1.165) is 5.56 Å². The van der Waals surface area contributed by atoms with E-state index in [-0.39, 0.29) is 5.97 Å². The van der Waals surface area contributed by atoms with Crippen molar-refractivity contribution in [2.75, 3.05) is 12.4 Å². The Kier molecular flexibility index (Phi) is 6.73. The van der Waals surface area contributed by atoms with Crippen LogP contribution in [-0.2, 0) is 20.7 Å². The number of amides is 1. The van der Waals surface area contributed by atoms with Gasteiger partial charge in [-0.2, -0.15) is 0 Å². The van der Waals surface area contributed by atoms with Crippen LogP contribution < -0.4 is 5.32 Å². The minimum atomic E-state index is -0.579. The van der Waals surface area contributed by atoms with Crippen LogP contribution in [0.25, 0.3) is 0 Å². The van der Waals surface area contributed by atoms with Crippen molar-refractivity contribution in [1.82, 2.24) is 12.3 Å². The molecule has 0 aliphatic carbocycles. The molecule has 0 bridgehead atoms. The first-order chi connectivity index (χ1) is 12.2. The van der Waals surface area contributed by atoms with Crippen LogP contribution in [0.5, 0.6) is 0 Å². The number of methoxy groups -OCH3 is 1. The fraction of sp³-hybridized carbons (Fsp3) is 0.412. The van der Waals surface area contributed by atoms with Crippen LogP contribution in [0, 0.1) is 0 Å². The molecule has 0 radical (unpaired) electrons.